The fourth-order valence-corrected chi connectivity index (χ4v) is 4.52. The third-order valence-electron chi connectivity index (χ3n) is 4.84. The summed E-state index contributed by atoms with van der Waals surface area (Å²) < 4.78 is 43.4. The lowest BCUT2D eigenvalue weighted by atomic mass is 10.2. The van der Waals surface area contributed by atoms with E-state index in [1.165, 1.54) is 7.11 Å². The largest absolute Gasteiger partial charge is 0.493 e. The van der Waals surface area contributed by atoms with E-state index in [1.54, 1.807) is 67.8 Å². The SMILES string of the molecule is COc1ccc(N=c2oc3ccccc3cc2S(=O)(=O)c2ccc(C)cc2)cc1OC. The Morgan fingerprint density at radius 1 is 0.839 bits per heavy atom. The first-order valence-electron chi connectivity index (χ1n) is 9.54. The summed E-state index contributed by atoms with van der Waals surface area (Å²) in [5.74, 6) is 1.02. The summed E-state index contributed by atoms with van der Waals surface area (Å²) >= 11 is 0. The highest BCUT2D eigenvalue weighted by Crippen LogP contribution is 2.31. The van der Waals surface area contributed by atoms with Crippen molar-refractivity contribution in [1.29, 1.82) is 0 Å². The lowest BCUT2D eigenvalue weighted by molar-refractivity contribution is 0.355. The molecule has 31 heavy (non-hydrogen) atoms. The summed E-state index contributed by atoms with van der Waals surface area (Å²) in [6, 6.07) is 20.6. The van der Waals surface area contributed by atoms with E-state index in [9.17, 15) is 8.42 Å². The Morgan fingerprint density at radius 2 is 1.55 bits per heavy atom. The summed E-state index contributed by atoms with van der Waals surface area (Å²) in [6.07, 6.45) is 0. The molecule has 0 amide bonds. The van der Waals surface area contributed by atoms with Crippen LogP contribution in [-0.2, 0) is 9.84 Å². The van der Waals surface area contributed by atoms with Gasteiger partial charge in [0.2, 0.25) is 15.4 Å². The van der Waals surface area contributed by atoms with Gasteiger partial charge in [0.15, 0.2) is 11.5 Å². The maximum Gasteiger partial charge on any atom is 0.239 e. The third-order valence-corrected chi connectivity index (χ3v) is 6.61. The van der Waals surface area contributed by atoms with E-state index in [0.717, 1.165) is 5.56 Å². The summed E-state index contributed by atoms with van der Waals surface area (Å²) in [6.45, 7) is 1.90. The van der Waals surface area contributed by atoms with Crippen LogP contribution in [0.25, 0.3) is 11.0 Å². The van der Waals surface area contributed by atoms with E-state index in [0.29, 0.717) is 28.2 Å². The first-order valence-corrected chi connectivity index (χ1v) is 11.0. The van der Waals surface area contributed by atoms with E-state index < -0.39 is 9.84 Å². The molecule has 158 valence electrons. The normalized spacial score (nSPS) is 12.2. The molecular formula is C24H21NO5S. The predicted octanol–water partition coefficient (Wildman–Crippen LogP) is 4.82. The molecule has 0 aliphatic heterocycles. The molecule has 0 bridgehead atoms. The molecule has 7 heteroatoms. The first kappa shape index (κ1) is 20.7. The summed E-state index contributed by atoms with van der Waals surface area (Å²) in [5.41, 5.74) is 1.96. The Morgan fingerprint density at radius 3 is 2.26 bits per heavy atom. The Bertz CT molecular complexity index is 1420. The average molecular weight is 436 g/mol. The molecule has 1 heterocycles. The number of methoxy groups -OCH3 is 2. The quantitative estimate of drug-likeness (QED) is 0.449. The summed E-state index contributed by atoms with van der Waals surface area (Å²) in [5, 5.41) is 0.666. The van der Waals surface area contributed by atoms with Crippen LogP contribution in [0.4, 0.5) is 5.69 Å². The highest BCUT2D eigenvalue weighted by Gasteiger charge is 2.22. The van der Waals surface area contributed by atoms with Gasteiger partial charge in [-0.2, -0.15) is 0 Å². The smallest absolute Gasteiger partial charge is 0.239 e. The second kappa shape index (κ2) is 8.28. The zero-order chi connectivity index (χ0) is 22.0. The summed E-state index contributed by atoms with van der Waals surface area (Å²) in [4.78, 5) is 4.67. The molecule has 3 aromatic carbocycles. The van der Waals surface area contributed by atoms with Crippen molar-refractivity contribution in [2.24, 2.45) is 4.99 Å². The number of sulfone groups is 1. The van der Waals surface area contributed by atoms with Gasteiger partial charge in [0, 0.05) is 11.5 Å². The van der Waals surface area contributed by atoms with Gasteiger partial charge < -0.3 is 13.9 Å². The highest BCUT2D eigenvalue weighted by molar-refractivity contribution is 7.91. The first-order chi connectivity index (χ1) is 14.9. The monoisotopic (exact) mass is 435 g/mol. The average Bonchev–Trinajstić information content (AvgIpc) is 2.78. The van der Waals surface area contributed by atoms with Gasteiger partial charge in [-0.25, -0.2) is 13.4 Å². The lowest BCUT2D eigenvalue weighted by Gasteiger charge is -2.09. The molecular weight excluding hydrogens is 414 g/mol. The molecule has 6 nitrogen and oxygen atoms in total. The zero-order valence-corrected chi connectivity index (χ0v) is 18.1. The van der Waals surface area contributed by atoms with E-state index in [1.807, 2.05) is 19.1 Å². The Hall–Kier alpha value is -3.58. The molecule has 1 aromatic heterocycles. The van der Waals surface area contributed by atoms with E-state index in [-0.39, 0.29) is 15.3 Å². The minimum absolute atomic E-state index is 0.00788. The van der Waals surface area contributed by atoms with Crippen LogP contribution in [0, 0.1) is 6.92 Å². The van der Waals surface area contributed by atoms with Crippen molar-refractivity contribution in [3.8, 4) is 11.5 Å². The van der Waals surface area contributed by atoms with Crippen LogP contribution in [0.1, 0.15) is 5.56 Å². The van der Waals surface area contributed by atoms with Gasteiger partial charge in [0.05, 0.1) is 24.8 Å². The highest BCUT2D eigenvalue weighted by atomic mass is 32.2. The standard InChI is InChI=1S/C24H21NO5S/c1-16-8-11-19(12-9-16)31(26,27)23-14-17-6-4-5-7-20(17)30-24(23)25-18-10-13-21(28-2)22(15-18)29-3/h4-15H,1-3H3. The van der Waals surface area contributed by atoms with Crippen molar-refractivity contribution < 1.29 is 22.3 Å². The molecule has 4 aromatic rings. The van der Waals surface area contributed by atoms with Gasteiger partial charge in [-0.15, -0.1) is 0 Å². The van der Waals surface area contributed by atoms with E-state index >= 15 is 0 Å². The van der Waals surface area contributed by atoms with Gasteiger partial charge in [-0.1, -0.05) is 35.9 Å². The third kappa shape index (κ3) is 4.04. The van der Waals surface area contributed by atoms with E-state index in [2.05, 4.69) is 4.99 Å². The molecule has 0 fully saturated rings. The van der Waals surface area contributed by atoms with E-state index in [4.69, 9.17) is 13.9 Å². The maximum absolute atomic E-state index is 13.5. The van der Waals surface area contributed by atoms with Crippen molar-refractivity contribution in [2.45, 2.75) is 16.7 Å². The molecule has 0 aliphatic carbocycles. The van der Waals surface area contributed by atoms with Crippen LogP contribution in [-0.4, -0.2) is 22.6 Å². The number of rotatable bonds is 5. The van der Waals surface area contributed by atoms with Crippen LogP contribution in [0.3, 0.4) is 0 Å². The number of nitrogens with zero attached hydrogens (tertiary/aromatic N) is 1. The van der Waals surface area contributed by atoms with Crippen molar-refractivity contribution >= 4 is 26.5 Å². The zero-order valence-electron chi connectivity index (χ0n) is 17.3. The van der Waals surface area contributed by atoms with Gasteiger partial charge in [0.1, 0.15) is 10.5 Å². The lowest BCUT2D eigenvalue weighted by Crippen LogP contribution is -2.15. The predicted molar refractivity (Wildman–Crippen MR) is 118 cm³/mol. The Kier molecular flexibility index (Phi) is 5.52. The molecule has 0 aliphatic rings. The number of para-hydroxylation sites is 1. The number of ether oxygens (including phenoxy) is 2. The molecule has 0 N–H and O–H groups in total. The molecule has 0 spiro atoms. The second-order valence-electron chi connectivity index (χ2n) is 6.92. The maximum atomic E-state index is 13.5. The Balaban J connectivity index is 1.98. The molecule has 0 unspecified atom stereocenters. The van der Waals surface area contributed by atoms with Crippen LogP contribution < -0.4 is 15.0 Å². The number of aryl methyl sites for hydroxylation is 1. The number of hydrogen-bond acceptors (Lipinski definition) is 6. The minimum Gasteiger partial charge on any atom is -0.493 e. The second-order valence-corrected chi connectivity index (χ2v) is 8.84. The van der Waals surface area contributed by atoms with Crippen LogP contribution in [0.2, 0.25) is 0 Å². The fraction of sp³-hybridized carbons (Fsp3) is 0.125. The van der Waals surface area contributed by atoms with Gasteiger partial charge in [-0.3, -0.25) is 0 Å². The molecule has 4 rings (SSSR count). The minimum atomic E-state index is -3.87. The molecule has 0 atom stereocenters. The van der Waals surface area contributed by atoms with Gasteiger partial charge in [0.25, 0.3) is 0 Å². The Labute approximate surface area is 180 Å². The van der Waals surface area contributed by atoms with Crippen LogP contribution in [0.15, 0.2) is 92.0 Å². The topological polar surface area (TPSA) is 78.1 Å². The van der Waals surface area contributed by atoms with Crippen LogP contribution in [0.5, 0.6) is 11.5 Å². The number of hydrogen-bond donors (Lipinski definition) is 0. The van der Waals surface area contributed by atoms with Crippen molar-refractivity contribution in [3.63, 3.8) is 0 Å². The fourth-order valence-electron chi connectivity index (χ4n) is 3.18. The van der Waals surface area contributed by atoms with Gasteiger partial charge >= 0.3 is 0 Å². The molecule has 0 saturated carbocycles. The summed E-state index contributed by atoms with van der Waals surface area (Å²) in [7, 11) is -0.806. The molecule has 0 radical (unpaired) electrons. The molecule has 0 saturated heterocycles. The number of benzene rings is 3. The van der Waals surface area contributed by atoms with Crippen molar-refractivity contribution in [2.75, 3.05) is 14.2 Å². The number of fused-ring (bicyclic) bond motifs is 1. The van der Waals surface area contributed by atoms with Crippen molar-refractivity contribution in [3.05, 3.63) is 83.9 Å². The van der Waals surface area contributed by atoms with Crippen LogP contribution >= 0.6 is 0 Å². The van der Waals surface area contributed by atoms with Gasteiger partial charge in [-0.05, 0) is 43.3 Å². The van der Waals surface area contributed by atoms with Crippen molar-refractivity contribution in [1.82, 2.24) is 0 Å².